The van der Waals surface area contributed by atoms with Gasteiger partial charge in [-0.1, -0.05) is 18.2 Å². The van der Waals surface area contributed by atoms with Crippen molar-refractivity contribution < 1.29 is 4.79 Å². The molecule has 6 heteroatoms. The minimum absolute atomic E-state index is 0.0638. The van der Waals surface area contributed by atoms with Gasteiger partial charge in [-0.05, 0) is 25.0 Å². The van der Waals surface area contributed by atoms with Crippen LogP contribution in [-0.4, -0.2) is 28.0 Å². The van der Waals surface area contributed by atoms with Crippen LogP contribution in [0.3, 0.4) is 0 Å². The Bertz CT molecular complexity index is 614. The van der Waals surface area contributed by atoms with E-state index in [9.17, 15) is 4.79 Å². The van der Waals surface area contributed by atoms with Crippen molar-refractivity contribution in [3.63, 3.8) is 0 Å². The number of para-hydroxylation sites is 1. The van der Waals surface area contributed by atoms with Gasteiger partial charge in [0.15, 0.2) is 0 Å². The summed E-state index contributed by atoms with van der Waals surface area (Å²) in [6.45, 7) is 0. The molecule has 0 aliphatic heterocycles. The lowest BCUT2D eigenvalue weighted by Gasteiger charge is -2.33. The number of carbonyl (C=O) groups excluding carboxylic acids is 1. The molecule has 4 N–H and O–H groups in total. The number of hydrogen-bond donors (Lipinski definition) is 3. The fourth-order valence-corrected chi connectivity index (χ4v) is 2.12. The van der Waals surface area contributed by atoms with Gasteiger partial charge in [-0.25, -0.2) is 9.97 Å². The molecule has 0 saturated heterocycles. The predicted octanol–water partition coefficient (Wildman–Crippen LogP) is 1.44. The lowest BCUT2D eigenvalue weighted by molar-refractivity contribution is 0.0905. The molecule has 3 rings (SSSR count). The molecule has 108 valence electrons. The van der Waals surface area contributed by atoms with Gasteiger partial charge in [-0.2, -0.15) is 0 Å². The standard InChI is InChI=1S/C15H17N5O/c16-12-6-7-13(12)20-14(21)10-8-17-15(18-9-10)19-11-4-2-1-3-5-11/h1-5,8-9,12-13H,6-7,16H2,(H,20,21)(H,17,18,19). The molecule has 1 saturated carbocycles. The van der Waals surface area contributed by atoms with Gasteiger partial charge in [0, 0.05) is 30.2 Å². The largest absolute Gasteiger partial charge is 0.348 e. The van der Waals surface area contributed by atoms with Crippen molar-refractivity contribution in [1.29, 1.82) is 0 Å². The van der Waals surface area contributed by atoms with E-state index < -0.39 is 0 Å². The molecule has 1 aromatic carbocycles. The van der Waals surface area contributed by atoms with Crippen LogP contribution in [0.5, 0.6) is 0 Å². The Morgan fingerprint density at radius 2 is 1.86 bits per heavy atom. The molecule has 1 aliphatic carbocycles. The topological polar surface area (TPSA) is 92.9 Å². The van der Waals surface area contributed by atoms with E-state index in [0.717, 1.165) is 18.5 Å². The highest BCUT2D eigenvalue weighted by atomic mass is 16.1. The molecule has 0 bridgehead atoms. The van der Waals surface area contributed by atoms with E-state index in [2.05, 4.69) is 20.6 Å². The zero-order valence-corrected chi connectivity index (χ0v) is 11.5. The van der Waals surface area contributed by atoms with Crippen molar-refractivity contribution in [1.82, 2.24) is 15.3 Å². The zero-order chi connectivity index (χ0) is 14.7. The van der Waals surface area contributed by atoms with E-state index in [1.807, 2.05) is 30.3 Å². The van der Waals surface area contributed by atoms with Gasteiger partial charge in [-0.3, -0.25) is 4.79 Å². The number of carbonyl (C=O) groups is 1. The summed E-state index contributed by atoms with van der Waals surface area (Å²) >= 11 is 0. The summed E-state index contributed by atoms with van der Waals surface area (Å²) in [5.41, 5.74) is 7.14. The van der Waals surface area contributed by atoms with Gasteiger partial charge in [0.2, 0.25) is 5.95 Å². The number of nitrogens with two attached hydrogens (primary N) is 1. The number of amides is 1. The van der Waals surface area contributed by atoms with Crippen LogP contribution in [0, 0.1) is 0 Å². The molecule has 0 radical (unpaired) electrons. The molecule has 21 heavy (non-hydrogen) atoms. The number of benzene rings is 1. The molecule has 2 aromatic rings. The molecule has 1 aromatic heterocycles. The Kier molecular flexibility index (Phi) is 3.79. The van der Waals surface area contributed by atoms with Gasteiger partial charge in [0.25, 0.3) is 5.91 Å². The third-order valence-electron chi connectivity index (χ3n) is 3.59. The zero-order valence-electron chi connectivity index (χ0n) is 11.5. The molecular weight excluding hydrogens is 266 g/mol. The molecular formula is C15H17N5O. The Balaban J connectivity index is 1.62. The first-order valence-corrected chi connectivity index (χ1v) is 6.93. The van der Waals surface area contributed by atoms with Gasteiger partial charge in [0.05, 0.1) is 5.56 Å². The van der Waals surface area contributed by atoms with Crippen molar-refractivity contribution >= 4 is 17.5 Å². The Morgan fingerprint density at radius 1 is 1.14 bits per heavy atom. The molecule has 1 fully saturated rings. The van der Waals surface area contributed by atoms with E-state index in [4.69, 9.17) is 5.73 Å². The van der Waals surface area contributed by atoms with Gasteiger partial charge >= 0.3 is 0 Å². The molecule has 2 atom stereocenters. The first-order chi connectivity index (χ1) is 10.2. The average molecular weight is 283 g/mol. The van der Waals surface area contributed by atoms with Crippen LogP contribution in [0.15, 0.2) is 42.7 Å². The van der Waals surface area contributed by atoms with Crippen LogP contribution in [0.2, 0.25) is 0 Å². The number of aromatic nitrogens is 2. The minimum Gasteiger partial charge on any atom is -0.348 e. The Morgan fingerprint density at radius 3 is 2.43 bits per heavy atom. The summed E-state index contributed by atoms with van der Waals surface area (Å²) in [6.07, 6.45) is 4.92. The fourth-order valence-electron chi connectivity index (χ4n) is 2.12. The predicted molar refractivity (Wildman–Crippen MR) is 80.2 cm³/mol. The van der Waals surface area contributed by atoms with E-state index >= 15 is 0 Å². The van der Waals surface area contributed by atoms with Crippen LogP contribution in [0.1, 0.15) is 23.2 Å². The summed E-state index contributed by atoms with van der Waals surface area (Å²) < 4.78 is 0. The normalized spacial score (nSPS) is 20.4. The number of nitrogens with zero attached hydrogens (tertiary/aromatic N) is 2. The second kappa shape index (κ2) is 5.88. The van der Waals surface area contributed by atoms with Crippen molar-refractivity contribution in [2.45, 2.75) is 24.9 Å². The maximum Gasteiger partial charge on any atom is 0.254 e. The van der Waals surface area contributed by atoms with Crippen molar-refractivity contribution in [2.75, 3.05) is 5.32 Å². The number of nitrogens with one attached hydrogen (secondary N) is 2. The van der Waals surface area contributed by atoms with E-state index in [1.165, 1.54) is 12.4 Å². The van der Waals surface area contributed by atoms with Crippen LogP contribution >= 0.6 is 0 Å². The quantitative estimate of drug-likeness (QED) is 0.789. The second-order valence-corrected chi connectivity index (χ2v) is 5.11. The fraction of sp³-hybridized carbons (Fsp3) is 0.267. The third kappa shape index (κ3) is 3.17. The lowest BCUT2D eigenvalue weighted by atomic mass is 9.87. The maximum atomic E-state index is 12.0. The first kappa shape index (κ1) is 13.5. The monoisotopic (exact) mass is 283 g/mol. The smallest absolute Gasteiger partial charge is 0.254 e. The minimum atomic E-state index is -0.179. The second-order valence-electron chi connectivity index (χ2n) is 5.11. The van der Waals surface area contributed by atoms with Crippen molar-refractivity contribution in [2.24, 2.45) is 5.73 Å². The molecule has 1 heterocycles. The van der Waals surface area contributed by atoms with Crippen LogP contribution in [-0.2, 0) is 0 Å². The van der Waals surface area contributed by atoms with Crippen LogP contribution in [0.4, 0.5) is 11.6 Å². The van der Waals surface area contributed by atoms with Crippen molar-refractivity contribution in [3.05, 3.63) is 48.3 Å². The summed E-state index contributed by atoms with van der Waals surface area (Å²) in [6, 6.07) is 9.75. The molecule has 2 unspecified atom stereocenters. The Hall–Kier alpha value is -2.47. The van der Waals surface area contributed by atoms with Gasteiger partial charge in [0.1, 0.15) is 0 Å². The summed E-state index contributed by atoms with van der Waals surface area (Å²) in [4.78, 5) is 20.3. The molecule has 6 nitrogen and oxygen atoms in total. The lowest BCUT2D eigenvalue weighted by Crippen LogP contribution is -2.54. The number of anilines is 2. The SMILES string of the molecule is NC1CCC1NC(=O)c1cnc(Nc2ccccc2)nc1. The Labute approximate surface area is 122 Å². The van der Waals surface area contributed by atoms with Crippen LogP contribution in [0.25, 0.3) is 0 Å². The maximum absolute atomic E-state index is 12.0. The van der Waals surface area contributed by atoms with Crippen LogP contribution < -0.4 is 16.4 Å². The highest BCUT2D eigenvalue weighted by molar-refractivity contribution is 5.94. The van der Waals surface area contributed by atoms with Crippen molar-refractivity contribution in [3.8, 4) is 0 Å². The molecule has 0 spiro atoms. The highest BCUT2D eigenvalue weighted by Crippen LogP contribution is 2.18. The summed E-state index contributed by atoms with van der Waals surface area (Å²) in [5, 5.41) is 5.95. The summed E-state index contributed by atoms with van der Waals surface area (Å²) in [5.74, 6) is 0.277. The summed E-state index contributed by atoms with van der Waals surface area (Å²) in [7, 11) is 0. The number of rotatable bonds is 4. The highest BCUT2D eigenvalue weighted by Gasteiger charge is 2.28. The molecule has 1 amide bonds. The van der Waals surface area contributed by atoms with Gasteiger partial charge < -0.3 is 16.4 Å². The first-order valence-electron chi connectivity index (χ1n) is 6.93. The third-order valence-corrected chi connectivity index (χ3v) is 3.59. The van der Waals surface area contributed by atoms with E-state index in [-0.39, 0.29) is 18.0 Å². The van der Waals surface area contributed by atoms with E-state index in [0.29, 0.717) is 11.5 Å². The average Bonchev–Trinajstić information content (AvgIpc) is 2.52. The van der Waals surface area contributed by atoms with Gasteiger partial charge in [-0.15, -0.1) is 0 Å². The molecule has 1 aliphatic rings. The van der Waals surface area contributed by atoms with E-state index in [1.54, 1.807) is 0 Å². The number of hydrogen-bond acceptors (Lipinski definition) is 5.